The molecule has 2 aliphatic rings. The molecular formula is C12H15N3O. The van der Waals surface area contributed by atoms with Crippen molar-refractivity contribution in [3.63, 3.8) is 0 Å². The fourth-order valence-corrected chi connectivity index (χ4v) is 2.63. The Balaban J connectivity index is 2.19. The van der Waals surface area contributed by atoms with Crippen LogP contribution in [0.1, 0.15) is 34.8 Å². The maximum Gasteiger partial charge on any atom is 0.166 e. The van der Waals surface area contributed by atoms with Crippen LogP contribution in [-0.4, -0.2) is 5.78 Å². The maximum absolute atomic E-state index is 12.1. The first-order valence-electron chi connectivity index (χ1n) is 5.70. The normalized spacial score (nSPS) is 21.4. The van der Waals surface area contributed by atoms with Gasteiger partial charge in [-0.2, -0.15) is 0 Å². The van der Waals surface area contributed by atoms with Gasteiger partial charge in [-0.3, -0.25) is 4.79 Å². The lowest BCUT2D eigenvalue weighted by molar-refractivity contribution is 0.0934. The Morgan fingerprint density at radius 1 is 1.38 bits per heavy atom. The van der Waals surface area contributed by atoms with Crippen molar-refractivity contribution in [1.29, 1.82) is 0 Å². The van der Waals surface area contributed by atoms with E-state index in [2.05, 4.69) is 23.3 Å². The van der Waals surface area contributed by atoms with Crippen LogP contribution in [-0.2, 0) is 6.42 Å². The van der Waals surface area contributed by atoms with E-state index >= 15 is 0 Å². The molecule has 0 saturated carbocycles. The molecule has 0 amide bonds. The zero-order chi connectivity index (χ0) is 11.3. The Morgan fingerprint density at radius 2 is 2.12 bits per heavy atom. The maximum atomic E-state index is 12.1. The number of carbonyl (C=O) groups excluding carboxylic acids is 1. The van der Waals surface area contributed by atoms with E-state index in [0.717, 1.165) is 40.9 Å². The number of hydrazine groups is 2. The summed E-state index contributed by atoms with van der Waals surface area (Å²) in [6.45, 7) is 4.10. The van der Waals surface area contributed by atoms with E-state index in [-0.39, 0.29) is 5.92 Å². The van der Waals surface area contributed by atoms with Crippen molar-refractivity contribution in [2.24, 2.45) is 5.92 Å². The van der Waals surface area contributed by atoms with Crippen molar-refractivity contribution in [2.75, 3.05) is 10.9 Å². The highest BCUT2D eigenvalue weighted by molar-refractivity contribution is 6.05. The van der Waals surface area contributed by atoms with E-state index in [9.17, 15) is 4.79 Å². The second kappa shape index (κ2) is 3.22. The fraction of sp³-hybridized carbons (Fsp3) is 0.417. The van der Waals surface area contributed by atoms with Crippen molar-refractivity contribution < 1.29 is 4.79 Å². The predicted molar refractivity (Wildman–Crippen MR) is 63.4 cm³/mol. The van der Waals surface area contributed by atoms with E-state index in [0.29, 0.717) is 5.78 Å². The largest absolute Gasteiger partial charge is 0.302 e. The summed E-state index contributed by atoms with van der Waals surface area (Å²) in [7, 11) is 0. The van der Waals surface area contributed by atoms with Gasteiger partial charge in [0.2, 0.25) is 0 Å². The van der Waals surface area contributed by atoms with E-state index in [4.69, 9.17) is 0 Å². The number of hydrogen-bond donors (Lipinski definition) is 3. The number of Topliss-reactive ketones (excluding diaryl/α,β-unsaturated/α-hetero) is 1. The lowest BCUT2D eigenvalue weighted by Gasteiger charge is -2.07. The van der Waals surface area contributed by atoms with Gasteiger partial charge in [-0.1, -0.05) is 6.92 Å². The molecule has 0 spiro atoms. The number of aryl methyl sites for hydroxylation is 1. The average Bonchev–Trinajstić information content (AvgIpc) is 2.85. The number of fused-ring (bicyclic) bond motifs is 3. The van der Waals surface area contributed by atoms with Gasteiger partial charge in [-0.15, -0.1) is 5.53 Å². The van der Waals surface area contributed by atoms with Gasteiger partial charge in [-0.25, -0.2) is 0 Å². The molecule has 0 bridgehead atoms. The monoisotopic (exact) mass is 217 g/mol. The minimum atomic E-state index is 0.170. The molecule has 1 atom stereocenters. The Morgan fingerprint density at radius 3 is 2.88 bits per heavy atom. The van der Waals surface area contributed by atoms with Gasteiger partial charge in [-0.05, 0) is 37.0 Å². The molecule has 1 aliphatic heterocycles. The van der Waals surface area contributed by atoms with Gasteiger partial charge in [0.15, 0.2) is 5.78 Å². The van der Waals surface area contributed by atoms with Crippen LogP contribution in [0.5, 0.6) is 0 Å². The predicted octanol–water partition coefficient (Wildman–Crippen LogP) is 2.02. The molecule has 3 rings (SSSR count). The van der Waals surface area contributed by atoms with Crippen LogP contribution < -0.4 is 16.4 Å². The number of nitrogens with one attached hydrogen (secondary N) is 3. The second-order valence-corrected chi connectivity index (χ2v) is 4.52. The molecule has 1 aromatic carbocycles. The third-order valence-electron chi connectivity index (χ3n) is 3.59. The van der Waals surface area contributed by atoms with Crippen LogP contribution in [0, 0.1) is 12.8 Å². The third-order valence-corrected chi connectivity index (χ3v) is 3.59. The summed E-state index contributed by atoms with van der Waals surface area (Å²) >= 11 is 0. The van der Waals surface area contributed by atoms with Crippen molar-refractivity contribution >= 4 is 17.2 Å². The summed E-state index contributed by atoms with van der Waals surface area (Å²) in [5, 5.41) is 0. The molecule has 1 unspecified atom stereocenters. The first kappa shape index (κ1) is 9.66. The van der Waals surface area contributed by atoms with Crippen molar-refractivity contribution in [3.05, 3.63) is 22.8 Å². The Labute approximate surface area is 94.4 Å². The Kier molecular flexibility index (Phi) is 1.94. The van der Waals surface area contributed by atoms with Gasteiger partial charge in [0, 0.05) is 11.5 Å². The number of benzene rings is 1. The van der Waals surface area contributed by atoms with Gasteiger partial charge in [0.25, 0.3) is 0 Å². The molecule has 1 aliphatic carbocycles. The number of hydrogen-bond acceptors (Lipinski definition) is 4. The summed E-state index contributed by atoms with van der Waals surface area (Å²) < 4.78 is 0. The van der Waals surface area contributed by atoms with Crippen LogP contribution >= 0.6 is 0 Å². The lowest BCUT2D eigenvalue weighted by atomic mass is 10.0. The number of ketones is 1. The molecule has 0 saturated heterocycles. The zero-order valence-electron chi connectivity index (χ0n) is 9.48. The highest BCUT2D eigenvalue weighted by Crippen LogP contribution is 2.41. The summed E-state index contributed by atoms with van der Waals surface area (Å²) in [5.41, 5.74) is 14.4. The molecule has 0 fully saturated rings. The van der Waals surface area contributed by atoms with Crippen LogP contribution in [0.25, 0.3) is 0 Å². The zero-order valence-corrected chi connectivity index (χ0v) is 9.48. The number of rotatable bonds is 1. The average molecular weight is 217 g/mol. The van der Waals surface area contributed by atoms with Crippen molar-refractivity contribution in [1.82, 2.24) is 5.53 Å². The minimum Gasteiger partial charge on any atom is -0.302 e. The second-order valence-electron chi connectivity index (χ2n) is 4.52. The highest BCUT2D eigenvalue weighted by atomic mass is 16.1. The van der Waals surface area contributed by atoms with E-state index in [1.807, 2.05) is 13.0 Å². The minimum absolute atomic E-state index is 0.170. The molecule has 0 aromatic heterocycles. The third kappa shape index (κ3) is 1.10. The van der Waals surface area contributed by atoms with Gasteiger partial charge in [0.1, 0.15) is 0 Å². The van der Waals surface area contributed by atoms with Crippen LogP contribution in [0.4, 0.5) is 11.4 Å². The quantitative estimate of drug-likeness (QED) is 0.673. The molecular weight excluding hydrogens is 202 g/mol. The molecule has 3 N–H and O–H groups in total. The summed E-state index contributed by atoms with van der Waals surface area (Å²) in [4.78, 5) is 12.1. The van der Waals surface area contributed by atoms with Crippen LogP contribution in [0.3, 0.4) is 0 Å². The lowest BCUT2D eigenvalue weighted by Crippen LogP contribution is -2.19. The number of carbonyl (C=O) groups is 1. The molecule has 0 radical (unpaired) electrons. The van der Waals surface area contributed by atoms with E-state index in [1.165, 1.54) is 0 Å². The first-order chi connectivity index (χ1) is 7.72. The van der Waals surface area contributed by atoms with E-state index < -0.39 is 0 Å². The topological polar surface area (TPSA) is 53.2 Å². The van der Waals surface area contributed by atoms with Crippen LogP contribution in [0.15, 0.2) is 6.07 Å². The van der Waals surface area contributed by atoms with Crippen molar-refractivity contribution in [2.45, 2.75) is 26.7 Å². The fourth-order valence-electron chi connectivity index (χ4n) is 2.63. The summed E-state index contributed by atoms with van der Waals surface area (Å²) in [5.74, 6) is 0.473. The van der Waals surface area contributed by atoms with Crippen molar-refractivity contribution in [3.8, 4) is 0 Å². The molecule has 1 heterocycles. The standard InChI is InChI=1S/C12H15N3O/c1-3-7-5-8-9(12(7)16)4-6(2)10-11(8)14-15-13-10/h4,7,13-15H,3,5H2,1-2H3. The van der Waals surface area contributed by atoms with Crippen LogP contribution in [0.2, 0.25) is 0 Å². The first-order valence-corrected chi connectivity index (χ1v) is 5.70. The van der Waals surface area contributed by atoms with Gasteiger partial charge in [0.05, 0.1) is 11.4 Å². The SMILES string of the molecule is CCC1Cc2c(cc(C)c3c2NNN3)C1=O. The van der Waals surface area contributed by atoms with Gasteiger partial charge < -0.3 is 10.9 Å². The molecule has 84 valence electrons. The molecule has 1 aromatic rings. The van der Waals surface area contributed by atoms with Gasteiger partial charge >= 0.3 is 0 Å². The smallest absolute Gasteiger partial charge is 0.166 e. The van der Waals surface area contributed by atoms with E-state index in [1.54, 1.807) is 0 Å². The molecule has 16 heavy (non-hydrogen) atoms. The number of anilines is 2. The molecule has 4 heteroatoms. The summed E-state index contributed by atoms with van der Waals surface area (Å²) in [6.07, 6.45) is 1.78. The Hall–Kier alpha value is -1.55. The highest BCUT2D eigenvalue weighted by Gasteiger charge is 2.33. The summed E-state index contributed by atoms with van der Waals surface area (Å²) in [6, 6.07) is 2.01. The Bertz CT molecular complexity index is 482. The molecule has 4 nitrogen and oxygen atoms in total.